The van der Waals surface area contributed by atoms with Crippen molar-refractivity contribution in [1.29, 1.82) is 0 Å². The topological polar surface area (TPSA) is 88.4 Å². The van der Waals surface area contributed by atoms with Gasteiger partial charge < -0.3 is 0 Å². The van der Waals surface area contributed by atoms with E-state index in [2.05, 4.69) is 21.6 Å². The third kappa shape index (κ3) is 9.46. The zero-order valence-corrected chi connectivity index (χ0v) is 10.4. The Morgan fingerprint density at radius 3 is 1.24 bits per heavy atom. The molecule has 6 nitrogen and oxygen atoms in total. The van der Waals surface area contributed by atoms with Crippen molar-refractivity contribution < 1.29 is 30.4 Å². The second-order valence-corrected chi connectivity index (χ2v) is 4.62. The average molecular weight is 252 g/mol. The maximum absolute atomic E-state index is 8.29. The zero-order chi connectivity index (χ0) is 13.0. The highest BCUT2D eigenvalue weighted by atomic mass is 17.1. The van der Waals surface area contributed by atoms with Crippen LogP contribution in [0.3, 0.4) is 0 Å². The maximum atomic E-state index is 8.29. The van der Waals surface area contributed by atoms with E-state index in [0.717, 1.165) is 38.5 Å². The summed E-state index contributed by atoms with van der Waals surface area (Å²) in [6, 6.07) is 0. The van der Waals surface area contributed by atoms with Crippen LogP contribution in [0, 0.1) is 5.41 Å². The minimum absolute atomic E-state index is 0.0790. The molecule has 6 heteroatoms. The normalized spacial score (nSPS) is 12.0. The smallest absolute Gasteiger partial charge is 0.0820 e. The van der Waals surface area contributed by atoms with Crippen molar-refractivity contribution in [3.05, 3.63) is 0 Å². The molecule has 0 aliphatic heterocycles. The second-order valence-electron chi connectivity index (χ2n) is 4.62. The molecule has 0 saturated carbocycles. The number of hydrogen-bond donors (Lipinski definition) is 3. The van der Waals surface area contributed by atoms with Crippen LogP contribution in [0.25, 0.3) is 0 Å². The Labute approximate surface area is 102 Å². The fourth-order valence-corrected chi connectivity index (χ4v) is 2.07. The van der Waals surface area contributed by atoms with Gasteiger partial charge in [0.2, 0.25) is 0 Å². The highest BCUT2D eigenvalue weighted by Crippen LogP contribution is 2.34. The fourth-order valence-electron chi connectivity index (χ4n) is 2.07. The summed E-state index contributed by atoms with van der Waals surface area (Å²) in [5, 5.41) is 24.9. The largest absolute Gasteiger partial charge is 0.252 e. The van der Waals surface area contributed by atoms with Crippen molar-refractivity contribution in [2.24, 2.45) is 5.41 Å². The SMILES string of the molecule is CC(CCCOO)(CCCOO)CCCOO. The minimum Gasteiger partial charge on any atom is -0.252 e. The summed E-state index contributed by atoms with van der Waals surface area (Å²) in [5.74, 6) is 0. The monoisotopic (exact) mass is 252 g/mol. The molecule has 0 aromatic heterocycles. The first kappa shape index (κ1) is 16.8. The molecule has 104 valence electrons. The third-order valence-corrected chi connectivity index (χ3v) is 3.05. The molecule has 0 heterocycles. The summed E-state index contributed by atoms with van der Waals surface area (Å²) in [7, 11) is 0. The summed E-state index contributed by atoms with van der Waals surface area (Å²) in [5.41, 5.74) is 0.0790. The molecule has 0 unspecified atom stereocenters. The third-order valence-electron chi connectivity index (χ3n) is 3.05. The van der Waals surface area contributed by atoms with Gasteiger partial charge in [0.25, 0.3) is 0 Å². The lowest BCUT2D eigenvalue weighted by Crippen LogP contribution is -2.19. The van der Waals surface area contributed by atoms with Gasteiger partial charge in [-0.05, 0) is 43.9 Å². The molecule has 0 bridgehead atoms. The molecule has 0 amide bonds. The quantitative estimate of drug-likeness (QED) is 0.281. The van der Waals surface area contributed by atoms with Crippen LogP contribution in [0.5, 0.6) is 0 Å². The summed E-state index contributed by atoms with van der Waals surface area (Å²) in [6.07, 6.45) is 5.03. The fraction of sp³-hybridized carbons (Fsp3) is 1.00. The van der Waals surface area contributed by atoms with E-state index in [1.807, 2.05) is 0 Å². The molecule has 0 aliphatic carbocycles. The Bertz CT molecular complexity index is 138. The predicted octanol–water partition coefficient (Wildman–Crippen LogP) is 2.80. The van der Waals surface area contributed by atoms with Crippen LogP contribution in [0.1, 0.15) is 45.4 Å². The predicted molar refractivity (Wildman–Crippen MR) is 61.6 cm³/mol. The van der Waals surface area contributed by atoms with Crippen LogP contribution >= 0.6 is 0 Å². The van der Waals surface area contributed by atoms with Gasteiger partial charge in [-0.15, -0.1) is 0 Å². The van der Waals surface area contributed by atoms with E-state index in [0.29, 0.717) is 19.8 Å². The number of hydrogen-bond acceptors (Lipinski definition) is 6. The van der Waals surface area contributed by atoms with E-state index in [1.165, 1.54) is 0 Å². The van der Waals surface area contributed by atoms with Crippen LogP contribution in [0.2, 0.25) is 0 Å². The first-order chi connectivity index (χ1) is 8.18. The van der Waals surface area contributed by atoms with Crippen molar-refractivity contribution in [2.75, 3.05) is 19.8 Å². The van der Waals surface area contributed by atoms with E-state index in [4.69, 9.17) is 15.8 Å². The highest BCUT2D eigenvalue weighted by Gasteiger charge is 2.23. The van der Waals surface area contributed by atoms with Gasteiger partial charge in [0, 0.05) is 0 Å². The summed E-state index contributed by atoms with van der Waals surface area (Å²) in [6.45, 7) is 3.10. The van der Waals surface area contributed by atoms with Gasteiger partial charge in [0.05, 0.1) is 19.8 Å². The highest BCUT2D eigenvalue weighted by molar-refractivity contribution is 4.74. The molecule has 0 aromatic carbocycles. The standard InChI is InChI=1S/C11H24O6/c1-11(5-2-8-15-12,6-3-9-16-13)7-4-10-17-14/h12-14H,2-10H2,1H3. The Hall–Kier alpha value is -0.240. The second kappa shape index (κ2) is 10.9. The molecule has 0 radical (unpaired) electrons. The summed E-state index contributed by atoms with van der Waals surface area (Å²) in [4.78, 5) is 12.2. The van der Waals surface area contributed by atoms with E-state index >= 15 is 0 Å². The lowest BCUT2D eigenvalue weighted by atomic mass is 9.77. The van der Waals surface area contributed by atoms with Crippen LogP contribution in [-0.4, -0.2) is 35.6 Å². The average Bonchev–Trinajstić information content (AvgIpc) is 2.30. The molecule has 3 N–H and O–H groups in total. The molecule has 0 aliphatic rings. The molecule has 0 saturated heterocycles. The van der Waals surface area contributed by atoms with E-state index in [-0.39, 0.29) is 5.41 Å². The van der Waals surface area contributed by atoms with Gasteiger partial charge in [-0.25, -0.2) is 14.7 Å². The van der Waals surface area contributed by atoms with Gasteiger partial charge in [-0.1, -0.05) is 6.92 Å². The van der Waals surface area contributed by atoms with Crippen molar-refractivity contribution in [1.82, 2.24) is 0 Å². The van der Waals surface area contributed by atoms with E-state index in [1.54, 1.807) is 0 Å². The number of rotatable bonds is 12. The van der Waals surface area contributed by atoms with Crippen LogP contribution in [0.4, 0.5) is 0 Å². The molecule has 17 heavy (non-hydrogen) atoms. The molecular weight excluding hydrogens is 228 g/mol. The van der Waals surface area contributed by atoms with Crippen LogP contribution < -0.4 is 0 Å². The van der Waals surface area contributed by atoms with Crippen LogP contribution in [-0.2, 0) is 14.7 Å². The zero-order valence-electron chi connectivity index (χ0n) is 10.4. The van der Waals surface area contributed by atoms with Crippen molar-refractivity contribution >= 4 is 0 Å². The Morgan fingerprint density at radius 1 is 0.706 bits per heavy atom. The molecule has 0 aromatic rings. The van der Waals surface area contributed by atoms with Crippen molar-refractivity contribution in [2.45, 2.75) is 45.4 Å². The Morgan fingerprint density at radius 2 is 1.00 bits per heavy atom. The molecule has 0 fully saturated rings. The van der Waals surface area contributed by atoms with Crippen molar-refractivity contribution in [3.63, 3.8) is 0 Å². The lowest BCUT2D eigenvalue weighted by Gasteiger charge is -2.29. The lowest BCUT2D eigenvalue weighted by molar-refractivity contribution is -0.246. The molecule has 0 rings (SSSR count). The van der Waals surface area contributed by atoms with Gasteiger partial charge in [-0.2, -0.15) is 0 Å². The first-order valence-electron chi connectivity index (χ1n) is 5.97. The Kier molecular flexibility index (Phi) is 10.7. The van der Waals surface area contributed by atoms with Crippen LogP contribution in [0.15, 0.2) is 0 Å². The maximum Gasteiger partial charge on any atom is 0.0820 e. The molecule has 0 spiro atoms. The Balaban J connectivity index is 3.95. The molecular formula is C11H24O6. The summed E-state index contributed by atoms with van der Waals surface area (Å²) < 4.78 is 0. The minimum atomic E-state index is 0.0790. The van der Waals surface area contributed by atoms with E-state index < -0.39 is 0 Å². The van der Waals surface area contributed by atoms with Gasteiger partial charge in [-0.3, -0.25) is 15.8 Å². The van der Waals surface area contributed by atoms with Gasteiger partial charge >= 0.3 is 0 Å². The first-order valence-corrected chi connectivity index (χ1v) is 5.97. The summed E-state index contributed by atoms with van der Waals surface area (Å²) >= 11 is 0. The van der Waals surface area contributed by atoms with Gasteiger partial charge in [0.15, 0.2) is 0 Å². The van der Waals surface area contributed by atoms with E-state index in [9.17, 15) is 0 Å². The van der Waals surface area contributed by atoms with Crippen molar-refractivity contribution in [3.8, 4) is 0 Å². The molecule has 0 atom stereocenters. The van der Waals surface area contributed by atoms with Gasteiger partial charge in [0.1, 0.15) is 0 Å².